The van der Waals surface area contributed by atoms with Gasteiger partial charge in [0.1, 0.15) is 24.5 Å². The highest BCUT2D eigenvalue weighted by molar-refractivity contribution is 5.98. The Balaban J connectivity index is 0.00000704. The maximum Gasteiger partial charge on any atom is 0.404 e. The lowest BCUT2D eigenvalue weighted by Crippen LogP contribution is -2.54. The highest BCUT2D eigenvalue weighted by Gasteiger charge is 2.28. The fraction of sp³-hybridized carbons (Fsp3) is 0.538. The predicted molar refractivity (Wildman–Crippen MR) is 146 cm³/mol. The van der Waals surface area contributed by atoms with Gasteiger partial charge >= 0.3 is 12.1 Å². The molecule has 0 bridgehead atoms. The van der Waals surface area contributed by atoms with E-state index in [9.17, 15) is 28.8 Å². The number of nitrogens with one attached hydrogen (secondary N) is 4. The number of ketones is 1. The number of anilines is 1. The van der Waals surface area contributed by atoms with Crippen LogP contribution in [0.5, 0.6) is 0 Å². The molecule has 0 saturated carbocycles. The minimum absolute atomic E-state index is 0.0240. The first kappa shape index (κ1) is 34.8. The second kappa shape index (κ2) is 19.0. The van der Waals surface area contributed by atoms with Crippen LogP contribution in [0.4, 0.5) is 15.3 Å². The summed E-state index contributed by atoms with van der Waals surface area (Å²) in [6.45, 7) is 9.02. The molecule has 0 unspecified atom stereocenters. The smallest absolute Gasteiger partial charge is 0.404 e. The van der Waals surface area contributed by atoms with E-state index in [0.717, 1.165) is 0 Å². The molecule has 0 aliphatic carbocycles. The van der Waals surface area contributed by atoms with E-state index in [-0.39, 0.29) is 44.1 Å². The summed E-state index contributed by atoms with van der Waals surface area (Å²) in [4.78, 5) is 71.1. The lowest BCUT2D eigenvalue weighted by Gasteiger charge is -2.25. The van der Waals surface area contributed by atoms with Gasteiger partial charge in [0.2, 0.25) is 17.7 Å². The van der Waals surface area contributed by atoms with Crippen LogP contribution in [0.3, 0.4) is 0 Å². The Kier molecular flexibility index (Phi) is 17.0. The molecule has 0 saturated heterocycles. The number of hydrogen-bond acceptors (Lipinski definition) is 7. The number of carbonyl (C=O) groups is 6. The van der Waals surface area contributed by atoms with Crippen molar-refractivity contribution in [3.8, 4) is 0 Å². The van der Waals surface area contributed by atoms with Gasteiger partial charge in [-0.1, -0.05) is 39.8 Å². The molecule has 0 radical (unpaired) electrons. The van der Waals surface area contributed by atoms with Crippen molar-refractivity contribution in [2.24, 2.45) is 17.4 Å². The largest absolute Gasteiger partial charge is 0.445 e. The summed E-state index contributed by atoms with van der Waals surface area (Å²) in [5.41, 5.74) is 11.1. The minimum atomic E-state index is -0.990. The number of ether oxygens (including phenoxy) is 1. The first-order chi connectivity index (χ1) is 18.4. The standard InChI is InChI=1S/C24H36N6O7.C2H6/c1-14(2)20(30-19(32)11-6-15(3)31)22(34)29-18(5-4-12-27-23(25)35)21(33)28-17-9-7-16(8-10-17)13-37-24(26)36;1-2/h7-10,14,18,20H,4-6,11-13H2,1-3H3,(H2,26,36)(H,28,33)(H,29,34)(H,30,32)(H3,25,27,35);1-2H3/t18-,20-;/m0./s1. The second-order valence-corrected chi connectivity index (χ2v) is 8.78. The van der Waals surface area contributed by atoms with E-state index in [2.05, 4.69) is 21.3 Å². The van der Waals surface area contributed by atoms with Crippen LogP contribution >= 0.6 is 0 Å². The SMILES string of the molecule is CC.CC(=O)CCC(=O)N[C@H](C(=O)N[C@@H](CCCNC(N)=O)C(=O)Nc1ccc(COC(N)=O)cc1)C(C)C. The van der Waals surface area contributed by atoms with E-state index >= 15 is 0 Å². The molecule has 8 N–H and O–H groups in total. The molecule has 0 aromatic heterocycles. The Morgan fingerprint density at radius 3 is 2.03 bits per heavy atom. The number of rotatable bonds is 15. The van der Waals surface area contributed by atoms with Gasteiger partial charge in [-0.25, -0.2) is 9.59 Å². The first-order valence-corrected chi connectivity index (χ1v) is 12.8. The van der Waals surface area contributed by atoms with Gasteiger partial charge in [-0.2, -0.15) is 0 Å². The molecule has 39 heavy (non-hydrogen) atoms. The Morgan fingerprint density at radius 1 is 0.897 bits per heavy atom. The lowest BCUT2D eigenvalue weighted by atomic mass is 10.0. The van der Waals surface area contributed by atoms with E-state index in [1.54, 1.807) is 38.1 Å². The Labute approximate surface area is 229 Å². The van der Waals surface area contributed by atoms with E-state index in [0.29, 0.717) is 17.7 Å². The summed E-state index contributed by atoms with van der Waals surface area (Å²) in [6, 6.07) is 3.83. The normalized spacial score (nSPS) is 11.6. The van der Waals surface area contributed by atoms with E-state index in [1.807, 2.05) is 13.8 Å². The van der Waals surface area contributed by atoms with Crippen molar-refractivity contribution in [1.82, 2.24) is 16.0 Å². The maximum absolute atomic E-state index is 13.0. The van der Waals surface area contributed by atoms with Gasteiger partial charge in [0.25, 0.3) is 0 Å². The highest BCUT2D eigenvalue weighted by atomic mass is 16.5. The van der Waals surface area contributed by atoms with E-state index in [1.165, 1.54) is 6.92 Å². The number of urea groups is 1. The van der Waals surface area contributed by atoms with Gasteiger partial charge < -0.3 is 42.3 Å². The molecule has 0 heterocycles. The summed E-state index contributed by atoms with van der Waals surface area (Å²) >= 11 is 0. The molecule has 1 aromatic rings. The third-order valence-corrected chi connectivity index (χ3v) is 5.17. The molecular formula is C26H42N6O7. The molecule has 1 rings (SSSR count). The topological polar surface area (TPSA) is 212 Å². The molecule has 6 amide bonds. The summed E-state index contributed by atoms with van der Waals surface area (Å²) in [7, 11) is 0. The highest BCUT2D eigenvalue weighted by Crippen LogP contribution is 2.13. The molecule has 13 heteroatoms. The number of hydrogen-bond donors (Lipinski definition) is 6. The lowest BCUT2D eigenvalue weighted by molar-refractivity contribution is -0.132. The summed E-state index contributed by atoms with van der Waals surface area (Å²) in [5, 5.41) is 10.4. The van der Waals surface area contributed by atoms with Crippen molar-refractivity contribution in [2.75, 3.05) is 11.9 Å². The Bertz CT molecular complexity index is 966. The monoisotopic (exact) mass is 550 g/mol. The van der Waals surface area contributed by atoms with Crippen LogP contribution < -0.4 is 32.7 Å². The van der Waals surface area contributed by atoms with Crippen LogP contribution in [0, 0.1) is 5.92 Å². The molecule has 0 aliphatic rings. The van der Waals surface area contributed by atoms with Gasteiger partial charge in [0.15, 0.2) is 0 Å². The van der Waals surface area contributed by atoms with Gasteiger partial charge in [-0.15, -0.1) is 0 Å². The Hall–Kier alpha value is -4.16. The van der Waals surface area contributed by atoms with Gasteiger partial charge in [0.05, 0.1) is 0 Å². The molecule has 13 nitrogen and oxygen atoms in total. The van der Waals surface area contributed by atoms with Crippen LogP contribution in [-0.4, -0.2) is 54.3 Å². The van der Waals surface area contributed by atoms with Crippen LogP contribution in [0.2, 0.25) is 0 Å². The molecule has 2 atom stereocenters. The van der Waals surface area contributed by atoms with Crippen molar-refractivity contribution in [2.45, 2.75) is 79.0 Å². The number of amides is 6. The van der Waals surface area contributed by atoms with Crippen molar-refractivity contribution in [3.05, 3.63) is 29.8 Å². The average molecular weight is 551 g/mol. The van der Waals surface area contributed by atoms with Gasteiger partial charge in [-0.05, 0) is 43.4 Å². The van der Waals surface area contributed by atoms with E-state index in [4.69, 9.17) is 16.2 Å². The van der Waals surface area contributed by atoms with Crippen molar-refractivity contribution in [1.29, 1.82) is 0 Å². The van der Waals surface area contributed by atoms with Crippen LogP contribution in [0.1, 0.15) is 65.9 Å². The number of primary amides is 2. The fourth-order valence-corrected chi connectivity index (χ4v) is 3.19. The number of benzene rings is 1. The third-order valence-electron chi connectivity index (χ3n) is 5.17. The summed E-state index contributed by atoms with van der Waals surface area (Å²) in [6.07, 6.45) is -0.386. The van der Waals surface area contributed by atoms with Crippen molar-refractivity contribution >= 4 is 41.3 Å². The summed E-state index contributed by atoms with van der Waals surface area (Å²) in [5.74, 6) is -1.96. The van der Waals surface area contributed by atoms with Crippen molar-refractivity contribution in [3.63, 3.8) is 0 Å². The molecule has 0 spiro atoms. The van der Waals surface area contributed by atoms with Gasteiger partial charge in [0, 0.05) is 25.1 Å². The zero-order valence-electron chi connectivity index (χ0n) is 23.3. The third kappa shape index (κ3) is 15.6. The maximum atomic E-state index is 13.0. The first-order valence-electron chi connectivity index (χ1n) is 12.8. The zero-order chi connectivity index (χ0) is 30.0. The van der Waals surface area contributed by atoms with Crippen LogP contribution in [-0.2, 0) is 30.5 Å². The molecule has 1 aromatic carbocycles. The molecule has 0 fully saturated rings. The zero-order valence-corrected chi connectivity index (χ0v) is 23.3. The van der Waals surface area contributed by atoms with Crippen LogP contribution in [0.15, 0.2) is 24.3 Å². The number of carbonyl (C=O) groups excluding carboxylic acids is 6. The molecule has 218 valence electrons. The van der Waals surface area contributed by atoms with Crippen LogP contribution in [0.25, 0.3) is 0 Å². The molecule has 0 aliphatic heterocycles. The number of Topliss-reactive ketones (excluding diaryl/α,β-unsaturated/α-hetero) is 1. The predicted octanol–water partition coefficient (Wildman–Crippen LogP) is 1.69. The van der Waals surface area contributed by atoms with E-state index < -0.39 is 41.9 Å². The quantitative estimate of drug-likeness (QED) is 0.178. The van der Waals surface area contributed by atoms with Gasteiger partial charge in [-0.3, -0.25) is 14.4 Å². The average Bonchev–Trinajstić information content (AvgIpc) is 2.87. The second-order valence-electron chi connectivity index (χ2n) is 8.78. The summed E-state index contributed by atoms with van der Waals surface area (Å²) < 4.78 is 4.72. The Morgan fingerprint density at radius 2 is 1.51 bits per heavy atom. The van der Waals surface area contributed by atoms with Crippen molar-refractivity contribution < 1.29 is 33.5 Å². The molecular weight excluding hydrogens is 508 g/mol. The number of nitrogens with two attached hydrogens (primary N) is 2. The minimum Gasteiger partial charge on any atom is -0.445 e. The fourth-order valence-electron chi connectivity index (χ4n) is 3.19.